The molecule has 3 nitrogen and oxygen atoms in total. The first-order valence-corrected chi connectivity index (χ1v) is 6.46. The summed E-state index contributed by atoms with van der Waals surface area (Å²) in [7, 11) is 0. The van der Waals surface area contributed by atoms with Gasteiger partial charge in [0, 0.05) is 19.3 Å². The molecule has 4 heteroatoms. The average Bonchev–Trinajstić information content (AvgIpc) is 2.14. The molecule has 92 valence electrons. The fourth-order valence-electron chi connectivity index (χ4n) is 2.16. The van der Waals surface area contributed by atoms with Crippen LogP contribution in [-0.4, -0.2) is 16.5 Å². The number of hydrogen-bond acceptors (Lipinski definition) is 4. The van der Waals surface area contributed by atoms with Gasteiger partial charge in [0.25, 0.3) is 0 Å². The zero-order valence-corrected chi connectivity index (χ0v) is 11.2. The van der Waals surface area contributed by atoms with Crippen LogP contribution in [0, 0.1) is 11.8 Å². The van der Waals surface area contributed by atoms with Crippen LogP contribution in [0.3, 0.4) is 0 Å². The Morgan fingerprint density at radius 1 is 1.44 bits per heavy atom. The maximum absolute atomic E-state index is 11.9. The molecule has 0 N–H and O–H groups in total. The molecule has 0 aromatic heterocycles. The summed E-state index contributed by atoms with van der Waals surface area (Å²) in [5.74, 6) is 0.504. The minimum absolute atomic E-state index is 0.00745. The first kappa shape index (κ1) is 13.6. The number of hydrogen-bond donors (Lipinski definition) is 0. The lowest BCUT2D eigenvalue weighted by molar-refractivity contribution is -0.131. The molecule has 16 heavy (non-hydrogen) atoms. The second-order valence-corrected chi connectivity index (χ2v) is 6.55. The van der Waals surface area contributed by atoms with Gasteiger partial charge in [-0.2, -0.15) is 0 Å². The van der Waals surface area contributed by atoms with Gasteiger partial charge >= 0.3 is 5.97 Å². The van der Waals surface area contributed by atoms with Crippen LogP contribution in [0.4, 0.5) is 0 Å². The number of ketones is 1. The Bertz CT molecular complexity index is 286. The summed E-state index contributed by atoms with van der Waals surface area (Å²) in [6.07, 6.45) is 2.65. The first-order valence-electron chi connectivity index (χ1n) is 5.72. The van der Waals surface area contributed by atoms with Crippen molar-refractivity contribution >= 4 is 23.8 Å². The van der Waals surface area contributed by atoms with Gasteiger partial charge in [-0.05, 0) is 32.6 Å². The lowest BCUT2D eigenvalue weighted by Crippen LogP contribution is -2.38. The van der Waals surface area contributed by atoms with E-state index in [1.54, 1.807) is 0 Å². The number of carbonyl (C=O) groups is 2. The molecule has 0 aliphatic heterocycles. The van der Waals surface area contributed by atoms with Gasteiger partial charge < -0.3 is 4.18 Å². The maximum atomic E-state index is 11.9. The molecule has 0 amide bonds. The fourth-order valence-corrected chi connectivity index (χ4v) is 2.86. The topological polar surface area (TPSA) is 43.4 Å². The molecule has 1 aliphatic rings. The van der Waals surface area contributed by atoms with Gasteiger partial charge in [0.1, 0.15) is 5.78 Å². The summed E-state index contributed by atoms with van der Waals surface area (Å²) < 4.78 is 4.64. The molecule has 0 aromatic carbocycles. The smallest absolute Gasteiger partial charge is 0.314 e. The Kier molecular flexibility index (Phi) is 4.42. The molecular weight excluding hydrogens is 224 g/mol. The van der Waals surface area contributed by atoms with E-state index in [1.165, 1.54) is 6.92 Å². The van der Waals surface area contributed by atoms with Gasteiger partial charge in [0.15, 0.2) is 0 Å². The number of Topliss-reactive ketones (excluding diaryl/α,β-unsaturated/α-hetero) is 1. The Labute approximate surface area is 102 Å². The van der Waals surface area contributed by atoms with E-state index in [1.807, 2.05) is 13.8 Å². The summed E-state index contributed by atoms with van der Waals surface area (Å²) in [6, 6.07) is 0. The number of rotatable bonds is 3. The summed E-state index contributed by atoms with van der Waals surface area (Å²) in [5.41, 5.74) is 0. The molecule has 0 spiro atoms. The largest absolute Gasteiger partial charge is 0.391 e. The molecule has 1 fully saturated rings. The van der Waals surface area contributed by atoms with Crippen molar-refractivity contribution in [1.29, 1.82) is 0 Å². The van der Waals surface area contributed by atoms with Crippen LogP contribution in [0.5, 0.6) is 0 Å². The zero-order valence-electron chi connectivity index (χ0n) is 10.4. The van der Waals surface area contributed by atoms with Crippen molar-refractivity contribution in [1.82, 2.24) is 0 Å². The van der Waals surface area contributed by atoms with Gasteiger partial charge in [0.05, 0.1) is 16.8 Å². The third-order valence-electron chi connectivity index (χ3n) is 3.10. The van der Waals surface area contributed by atoms with Crippen molar-refractivity contribution in [3.05, 3.63) is 0 Å². The first-order chi connectivity index (χ1) is 7.33. The van der Waals surface area contributed by atoms with Gasteiger partial charge in [-0.1, -0.05) is 6.92 Å². The minimum Gasteiger partial charge on any atom is -0.391 e. The van der Waals surface area contributed by atoms with Crippen molar-refractivity contribution in [2.45, 2.75) is 51.7 Å². The molecule has 0 aromatic rings. The van der Waals surface area contributed by atoms with E-state index in [0.29, 0.717) is 18.1 Å². The van der Waals surface area contributed by atoms with Crippen LogP contribution in [0.15, 0.2) is 0 Å². The molecule has 1 saturated carbocycles. The predicted molar refractivity (Wildman–Crippen MR) is 64.9 cm³/mol. The molecule has 1 rings (SSSR count). The average molecular weight is 244 g/mol. The molecule has 0 radical (unpaired) electrons. The van der Waals surface area contributed by atoms with E-state index >= 15 is 0 Å². The quantitative estimate of drug-likeness (QED) is 0.716. The lowest BCUT2D eigenvalue weighted by atomic mass is 9.76. The van der Waals surface area contributed by atoms with Gasteiger partial charge in [-0.15, -0.1) is 0 Å². The van der Waals surface area contributed by atoms with E-state index in [2.05, 4.69) is 6.92 Å². The van der Waals surface area contributed by atoms with Crippen molar-refractivity contribution in [2.24, 2.45) is 11.8 Å². The van der Waals surface area contributed by atoms with Crippen LogP contribution in [0.25, 0.3) is 0 Å². The highest BCUT2D eigenvalue weighted by atomic mass is 32.2. The van der Waals surface area contributed by atoms with Crippen LogP contribution < -0.4 is 0 Å². The van der Waals surface area contributed by atoms with E-state index in [-0.39, 0.29) is 16.6 Å². The van der Waals surface area contributed by atoms with Crippen molar-refractivity contribution in [2.75, 3.05) is 0 Å². The van der Waals surface area contributed by atoms with Crippen molar-refractivity contribution in [3.63, 3.8) is 0 Å². The highest BCUT2D eigenvalue weighted by Crippen LogP contribution is 2.40. The molecule has 0 unspecified atom stereocenters. The van der Waals surface area contributed by atoms with E-state index < -0.39 is 0 Å². The monoisotopic (exact) mass is 244 g/mol. The highest BCUT2D eigenvalue weighted by Gasteiger charge is 2.40. The minimum atomic E-state index is -0.317. The van der Waals surface area contributed by atoms with E-state index in [4.69, 9.17) is 4.18 Å². The molecule has 2 atom stereocenters. The SMILES string of the molecule is CC(=O)OSC(C)(C)[C@H]1CC[C@@H](C)CC1=O. The fraction of sp³-hybridized carbons (Fsp3) is 0.833. The van der Waals surface area contributed by atoms with Crippen LogP contribution >= 0.6 is 12.0 Å². The van der Waals surface area contributed by atoms with Crippen LogP contribution in [0.1, 0.15) is 47.0 Å². The Hall–Kier alpha value is -0.510. The van der Waals surface area contributed by atoms with Crippen molar-refractivity contribution < 1.29 is 13.8 Å². The summed E-state index contributed by atoms with van der Waals surface area (Å²) >= 11 is 1.13. The molecule has 0 saturated heterocycles. The Balaban J connectivity index is 2.60. The van der Waals surface area contributed by atoms with Crippen LogP contribution in [0.2, 0.25) is 0 Å². The molecular formula is C12H20O3S. The number of carbonyl (C=O) groups excluding carboxylic acids is 2. The Morgan fingerprint density at radius 2 is 2.06 bits per heavy atom. The Morgan fingerprint density at radius 3 is 2.56 bits per heavy atom. The normalized spacial score (nSPS) is 26.6. The molecule has 0 heterocycles. The second kappa shape index (κ2) is 5.21. The van der Waals surface area contributed by atoms with Crippen LogP contribution in [-0.2, 0) is 13.8 Å². The summed E-state index contributed by atoms with van der Waals surface area (Å²) in [5, 5.41) is 0. The second-order valence-electron chi connectivity index (χ2n) is 5.17. The lowest BCUT2D eigenvalue weighted by Gasteiger charge is -2.35. The molecule has 1 aliphatic carbocycles. The van der Waals surface area contributed by atoms with Gasteiger partial charge in [-0.25, -0.2) is 0 Å². The summed E-state index contributed by atoms with van der Waals surface area (Å²) in [4.78, 5) is 22.7. The zero-order chi connectivity index (χ0) is 12.3. The third-order valence-corrected chi connectivity index (χ3v) is 4.13. The van der Waals surface area contributed by atoms with E-state index in [0.717, 1.165) is 24.9 Å². The molecule has 0 bridgehead atoms. The standard InChI is InChI=1S/C12H20O3S/c1-8-5-6-10(11(14)7-8)12(3,4)16-15-9(2)13/h8,10H,5-7H2,1-4H3/t8-,10+/m1/s1. The third kappa shape index (κ3) is 3.51. The maximum Gasteiger partial charge on any atom is 0.314 e. The van der Waals surface area contributed by atoms with Gasteiger partial charge in [-0.3, -0.25) is 9.59 Å². The van der Waals surface area contributed by atoms with Crippen molar-refractivity contribution in [3.8, 4) is 0 Å². The summed E-state index contributed by atoms with van der Waals surface area (Å²) in [6.45, 7) is 7.44. The van der Waals surface area contributed by atoms with Gasteiger partial charge in [0.2, 0.25) is 0 Å². The highest BCUT2D eigenvalue weighted by molar-refractivity contribution is 7.96. The van der Waals surface area contributed by atoms with E-state index in [9.17, 15) is 9.59 Å². The predicted octanol–water partition coefficient (Wildman–Crippen LogP) is 2.98.